The van der Waals surface area contributed by atoms with E-state index in [1.807, 2.05) is 12.1 Å². The molecule has 1 aromatic rings. The molecule has 3 heteroatoms. The second-order valence-corrected chi connectivity index (χ2v) is 8.32. The molecule has 0 radical (unpaired) electrons. The predicted octanol–water partition coefficient (Wildman–Crippen LogP) is 6.93. The van der Waals surface area contributed by atoms with Crippen molar-refractivity contribution in [3.8, 4) is 17.9 Å². The van der Waals surface area contributed by atoms with Crippen LogP contribution >= 0.6 is 0 Å². The minimum absolute atomic E-state index is 0.404. The first-order chi connectivity index (χ1) is 13.7. The Morgan fingerprint density at radius 1 is 0.857 bits per heavy atom. The first-order valence-electron chi connectivity index (χ1n) is 11.3. The van der Waals surface area contributed by atoms with Crippen molar-refractivity contribution in [1.29, 1.82) is 10.5 Å². The van der Waals surface area contributed by atoms with Crippen LogP contribution in [0.15, 0.2) is 12.1 Å². The zero-order valence-corrected chi connectivity index (χ0v) is 17.8. The lowest BCUT2D eigenvalue weighted by Crippen LogP contribution is -2.15. The van der Waals surface area contributed by atoms with Gasteiger partial charge in [-0.2, -0.15) is 10.5 Å². The van der Waals surface area contributed by atoms with E-state index in [-0.39, 0.29) is 0 Å². The average molecular weight is 381 g/mol. The van der Waals surface area contributed by atoms with Crippen LogP contribution in [0, 0.1) is 34.5 Å². The van der Waals surface area contributed by atoms with Gasteiger partial charge in [0, 0.05) is 0 Å². The summed E-state index contributed by atoms with van der Waals surface area (Å²) in [5.41, 5.74) is 1.84. The molecule has 1 fully saturated rings. The van der Waals surface area contributed by atoms with Crippen molar-refractivity contribution in [2.75, 3.05) is 6.61 Å². The molecule has 0 unspecified atom stereocenters. The van der Waals surface area contributed by atoms with Gasteiger partial charge in [0.15, 0.2) is 0 Å². The fourth-order valence-corrected chi connectivity index (χ4v) is 4.51. The lowest BCUT2D eigenvalue weighted by molar-refractivity contribution is 0.228. The first kappa shape index (κ1) is 22.3. The van der Waals surface area contributed by atoms with Crippen molar-refractivity contribution in [2.24, 2.45) is 11.8 Å². The van der Waals surface area contributed by atoms with Crippen LogP contribution in [0.2, 0.25) is 0 Å². The number of unbranched alkanes of at least 4 members (excludes halogenated alkanes) is 2. The molecular weight excluding hydrogens is 344 g/mol. The number of hydrogen-bond acceptors (Lipinski definition) is 3. The number of nitrogens with zero attached hydrogens (tertiary/aromatic N) is 2. The van der Waals surface area contributed by atoms with Gasteiger partial charge in [-0.15, -0.1) is 0 Å². The largest absolute Gasteiger partial charge is 0.492 e. The van der Waals surface area contributed by atoms with Gasteiger partial charge in [0.2, 0.25) is 0 Å². The molecule has 1 aliphatic carbocycles. The summed E-state index contributed by atoms with van der Waals surface area (Å²) in [7, 11) is 0. The maximum atomic E-state index is 9.50. The number of aryl methyl sites for hydroxylation is 1. The van der Waals surface area contributed by atoms with Crippen LogP contribution in [-0.4, -0.2) is 6.61 Å². The van der Waals surface area contributed by atoms with Gasteiger partial charge in [-0.25, -0.2) is 0 Å². The Balaban J connectivity index is 1.76. The second kappa shape index (κ2) is 12.5. The Hall–Kier alpha value is -2.00. The SMILES string of the molecule is CCCCCC1CCC(CCCOc2ccc(CCC)c(C#N)c2C#N)CC1. The van der Waals surface area contributed by atoms with Crippen LogP contribution < -0.4 is 4.74 Å². The van der Waals surface area contributed by atoms with Crippen molar-refractivity contribution in [1.82, 2.24) is 0 Å². The van der Waals surface area contributed by atoms with Crippen molar-refractivity contribution in [3.05, 3.63) is 28.8 Å². The summed E-state index contributed by atoms with van der Waals surface area (Å²) in [5.74, 6) is 2.37. The minimum atomic E-state index is 0.404. The normalized spacial score (nSPS) is 19.0. The Bertz CT molecular complexity index is 675. The smallest absolute Gasteiger partial charge is 0.138 e. The second-order valence-electron chi connectivity index (χ2n) is 8.32. The molecule has 0 bridgehead atoms. The quantitative estimate of drug-likeness (QED) is 0.391. The molecule has 0 aromatic heterocycles. The lowest BCUT2D eigenvalue weighted by atomic mass is 9.78. The highest BCUT2D eigenvalue weighted by Gasteiger charge is 2.20. The average Bonchev–Trinajstić information content (AvgIpc) is 2.73. The zero-order chi connectivity index (χ0) is 20.2. The highest BCUT2D eigenvalue weighted by molar-refractivity contribution is 5.57. The topological polar surface area (TPSA) is 56.8 Å². The highest BCUT2D eigenvalue weighted by atomic mass is 16.5. The highest BCUT2D eigenvalue weighted by Crippen LogP contribution is 2.34. The number of nitriles is 2. The molecule has 0 heterocycles. The van der Waals surface area contributed by atoms with Crippen LogP contribution in [0.4, 0.5) is 0 Å². The summed E-state index contributed by atoms with van der Waals surface area (Å²) in [6.45, 7) is 4.98. The number of ether oxygens (including phenoxy) is 1. The molecule has 152 valence electrons. The third-order valence-corrected chi connectivity index (χ3v) is 6.19. The molecule has 1 saturated carbocycles. The van der Waals surface area contributed by atoms with Gasteiger partial charge in [0.25, 0.3) is 0 Å². The first-order valence-corrected chi connectivity index (χ1v) is 11.3. The molecule has 0 spiro atoms. The summed E-state index contributed by atoms with van der Waals surface area (Å²) in [6.07, 6.45) is 15.1. The summed E-state index contributed by atoms with van der Waals surface area (Å²) < 4.78 is 5.91. The number of rotatable bonds is 11. The number of benzene rings is 1. The van der Waals surface area contributed by atoms with Crippen molar-refractivity contribution in [2.45, 2.75) is 90.9 Å². The van der Waals surface area contributed by atoms with Gasteiger partial charge >= 0.3 is 0 Å². The van der Waals surface area contributed by atoms with Gasteiger partial charge in [-0.1, -0.05) is 77.7 Å². The Morgan fingerprint density at radius 3 is 2.07 bits per heavy atom. The molecular formula is C25H36N2O. The fourth-order valence-electron chi connectivity index (χ4n) is 4.51. The summed E-state index contributed by atoms with van der Waals surface area (Å²) in [6, 6.07) is 8.19. The molecule has 1 aliphatic rings. The maximum absolute atomic E-state index is 9.50. The van der Waals surface area contributed by atoms with Gasteiger partial charge in [0.1, 0.15) is 23.5 Å². The van der Waals surface area contributed by atoms with Gasteiger partial charge in [-0.3, -0.25) is 0 Å². The predicted molar refractivity (Wildman–Crippen MR) is 114 cm³/mol. The van der Waals surface area contributed by atoms with E-state index in [9.17, 15) is 10.5 Å². The molecule has 0 aliphatic heterocycles. The Kier molecular flexibility index (Phi) is 9.92. The molecule has 3 nitrogen and oxygen atoms in total. The lowest BCUT2D eigenvalue weighted by Gasteiger charge is -2.28. The summed E-state index contributed by atoms with van der Waals surface area (Å²) >= 11 is 0. The van der Waals surface area contributed by atoms with E-state index in [0.717, 1.165) is 36.7 Å². The zero-order valence-electron chi connectivity index (χ0n) is 17.8. The van der Waals surface area contributed by atoms with Gasteiger partial charge in [-0.05, 0) is 42.7 Å². The fraction of sp³-hybridized carbons (Fsp3) is 0.680. The summed E-state index contributed by atoms with van der Waals surface area (Å²) in [5, 5.41) is 19.0. The van der Waals surface area contributed by atoms with Crippen LogP contribution in [0.1, 0.15) is 101 Å². The molecule has 0 saturated heterocycles. The van der Waals surface area contributed by atoms with E-state index in [1.54, 1.807) is 0 Å². The van der Waals surface area contributed by atoms with Gasteiger partial charge < -0.3 is 4.74 Å². The minimum Gasteiger partial charge on any atom is -0.492 e. The number of hydrogen-bond donors (Lipinski definition) is 0. The molecule has 2 rings (SSSR count). The Morgan fingerprint density at radius 2 is 1.50 bits per heavy atom. The van der Waals surface area contributed by atoms with Crippen LogP contribution in [-0.2, 0) is 6.42 Å². The van der Waals surface area contributed by atoms with Crippen molar-refractivity contribution >= 4 is 0 Å². The van der Waals surface area contributed by atoms with Gasteiger partial charge in [0.05, 0.1) is 12.2 Å². The van der Waals surface area contributed by atoms with Crippen LogP contribution in [0.5, 0.6) is 5.75 Å². The van der Waals surface area contributed by atoms with Crippen LogP contribution in [0.25, 0.3) is 0 Å². The van der Waals surface area contributed by atoms with Crippen molar-refractivity contribution in [3.63, 3.8) is 0 Å². The standard InChI is InChI=1S/C25H36N2O/c1-3-5-6-9-20-11-13-21(14-12-20)10-7-17-28-25-16-15-22(8-4-2)23(18-26)24(25)19-27/h15-16,20-21H,3-14,17H2,1-2H3. The Labute approximate surface area is 171 Å². The monoisotopic (exact) mass is 380 g/mol. The third-order valence-electron chi connectivity index (χ3n) is 6.19. The van der Waals surface area contributed by atoms with E-state index >= 15 is 0 Å². The molecule has 0 amide bonds. The van der Waals surface area contributed by atoms with E-state index in [4.69, 9.17) is 4.74 Å². The summed E-state index contributed by atoms with van der Waals surface area (Å²) in [4.78, 5) is 0. The van der Waals surface area contributed by atoms with E-state index in [1.165, 1.54) is 57.8 Å². The molecule has 0 N–H and O–H groups in total. The molecule has 28 heavy (non-hydrogen) atoms. The van der Waals surface area contributed by atoms with E-state index in [0.29, 0.717) is 23.5 Å². The maximum Gasteiger partial charge on any atom is 0.138 e. The molecule has 1 aromatic carbocycles. The molecule has 0 atom stereocenters. The van der Waals surface area contributed by atoms with Crippen molar-refractivity contribution < 1.29 is 4.74 Å². The van der Waals surface area contributed by atoms with Crippen LogP contribution in [0.3, 0.4) is 0 Å². The van der Waals surface area contributed by atoms with E-state index < -0.39 is 0 Å². The third kappa shape index (κ3) is 6.56. The van der Waals surface area contributed by atoms with E-state index in [2.05, 4.69) is 26.0 Å².